The summed E-state index contributed by atoms with van der Waals surface area (Å²) >= 11 is 0. The fourth-order valence-electron chi connectivity index (χ4n) is 1.79. The number of nitrogens with one attached hydrogen (secondary N) is 2. The molecule has 0 fully saturated rings. The average molecular weight is 280 g/mol. The van der Waals surface area contributed by atoms with Crippen LogP contribution in [0.3, 0.4) is 0 Å². The van der Waals surface area contributed by atoms with Gasteiger partial charge in [0.2, 0.25) is 0 Å². The summed E-state index contributed by atoms with van der Waals surface area (Å²) in [6, 6.07) is 16.6. The van der Waals surface area contributed by atoms with Gasteiger partial charge in [-0.3, -0.25) is 20.4 Å². The zero-order chi connectivity index (χ0) is 15.1. The van der Waals surface area contributed by atoms with Crippen LogP contribution in [0.15, 0.2) is 60.7 Å². The third-order valence-corrected chi connectivity index (χ3v) is 2.92. The fraction of sp³-hybridized carbons (Fsp3) is 0.0588. The molecule has 2 aromatic carbocycles. The van der Waals surface area contributed by atoms with Crippen LogP contribution in [0.4, 0.5) is 0 Å². The Morgan fingerprint density at radius 3 is 2.29 bits per heavy atom. The average Bonchev–Trinajstić information content (AvgIpc) is 2.52. The minimum Gasteiger partial charge on any atom is -0.268 e. The summed E-state index contributed by atoms with van der Waals surface area (Å²) in [5, 5.41) is 0. The predicted octanol–water partition coefficient (Wildman–Crippen LogP) is 2.47. The van der Waals surface area contributed by atoms with Crippen molar-refractivity contribution in [2.24, 2.45) is 0 Å². The molecule has 0 aliphatic rings. The van der Waals surface area contributed by atoms with E-state index in [1.165, 1.54) is 6.08 Å². The van der Waals surface area contributed by atoms with Crippen LogP contribution in [0.1, 0.15) is 21.5 Å². The Labute approximate surface area is 123 Å². The molecular weight excluding hydrogens is 264 g/mol. The first-order valence-corrected chi connectivity index (χ1v) is 6.56. The Kier molecular flexibility index (Phi) is 4.88. The molecule has 4 heteroatoms. The van der Waals surface area contributed by atoms with Crippen molar-refractivity contribution in [2.45, 2.75) is 6.92 Å². The molecule has 0 unspecified atom stereocenters. The standard InChI is InChI=1S/C17H16N2O2/c1-13-7-5-6-10-15(13)17(21)19-18-16(20)12-11-14-8-3-2-4-9-14/h2-12H,1H3,(H,18,20)(H,19,21). The van der Waals surface area contributed by atoms with Crippen molar-refractivity contribution in [3.05, 3.63) is 77.4 Å². The molecule has 0 aromatic heterocycles. The number of aryl methyl sites for hydroxylation is 1. The highest BCUT2D eigenvalue weighted by Gasteiger charge is 2.07. The van der Waals surface area contributed by atoms with E-state index in [-0.39, 0.29) is 11.8 Å². The van der Waals surface area contributed by atoms with Crippen LogP contribution < -0.4 is 10.9 Å². The van der Waals surface area contributed by atoms with Crippen molar-refractivity contribution >= 4 is 17.9 Å². The molecule has 0 aliphatic carbocycles. The number of carbonyl (C=O) groups excluding carboxylic acids is 2. The second-order valence-electron chi connectivity index (χ2n) is 4.50. The lowest BCUT2D eigenvalue weighted by atomic mass is 10.1. The fourth-order valence-corrected chi connectivity index (χ4v) is 1.79. The van der Waals surface area contributed by atoms with Gasteiger partial charge < -0.3 is 0 Å². The Hall–Kier alpha value is -2.88. The highest BCUT2D eigenvalue weighted by Crippen LogP contribution is 2.05. The predicted molar refractivity (Wildman–Crippen MR) is 82.3 cm³/mol. The minimum absolute atomic E-state index is 0.338. The topological polar surface area (TPSA) is 58.2 Å². The summed E-state index contributed by atoms with van der Waals surface area (Å²) in [6.45, 7) is 1.84. The Bertz CT molecular complexity index is 664. The third kappa shape index (κ3) is 4.31. The monoisotopic (exact) mass is 280 g/mol. The summed E-state index contributed by atoms with van der Waals surface area (Å²) in [5.41, 5.74) is 7.04. The van der Waals surface area contributed by atoms with E-state index in [2.05, 4.69) is 10.9 Å². The van der Waals surface area contributed by atoms with Crippen LogP contribution >= 0.6 is 0 Å². The van der Waals surface area contributed by atoms with Gasteiger partial charge in [-0.1, -0.05) is 48.5 Å². The molecule has 0 aliphatic heterocycles. The Morgan fingerprint density at radius 1 is 0.905 bits per heavy atom. The molecule has 2 amide bonds. The van der Waals surface area contributed by atoms with Crippen LogP contribution in [0.25, 0.3) is 6.08 Å². The summed E-state index contributed by atoms with van der Waals surface area (Å²) < 4.78 is 0. The maximum Gasteiger partial charge on any atom is 0.269 e. The minimum atomic E-state index is -0.388. The van der Waals surface area contributed by atoms with E-state index in [0.717, 1.165) is 11.1 Å². The van der Waals surface area contributed by atoms with Crippen molar-refractivity contribution in [1.29, 1.82) is 0 Å². The highest BCUT2D eigenvalue weighted by molar-refractivity contribution is 5.98. The van der Waals surface area contributed by atoms with Gasteiger partial charge in [0.1, 0.15) is 0 Å². The van der Waals surface area contributed by atoms with Crippen molar-refractivity contribution in [3.8, 4) is 0 Å². The zero-order valence-corrected chi connectivity index (χ0v) is 11.7. The first kappa shape index (κ1) is 14.5. The van der Waals surface area contributed by atoms with Crippen LogP contribution in [-0.2, 0) is 4.79 Å². The van der Waals surface area contributed by atoms with E-state index in [4.69, 9.17) is 0 Å². The smallest absolute Gasteiger partial charge is 0.268 e. The molecule has 2 N–H and O–H groups in total. The SMILES string of the molecule is Cc1ccccc1C(=O)NNC(=O)C=Cc1ccccc1. The van der Waals surface area contributed by atoms with Crippen molar-refractivity contribution in [2.75, 3.05) is 0 Å². The van der Waals surface area contributed by atoms with Gasteiger partial charge in [0, 0.05) is 11.6 Å². The van der Waals surface area contributed by atoms with Gasteiger partial charge in [0.15, 0.2) is 0 Å². The summed E-state index contributed by atoms with van der Waals surface area (Å²) in [7, 11) is 0. The summed E-state index contributed by atoms with van der Waals surface area (Å²) in [4.78, 5) is 23.5. The molecule has 4 nitrogen and oxygen atoms in total. The number of hydrogen-bond acceptors (Lipinski definition) is 2. The van der Waals surface area contributed by atoms with Gasteiger partial charge in [-0.25, -0.2) is 0 Å². The van der Waals surface area contributed by atoms with Crippen LogP contribution in [-0.4, -0.2) is 11.8 Å². The van der Waals surface area contributed by atoms with Gasteiger partial charge in [-0.15, -0.1) is 0 Å². The highest BCUT2D eigenvalue weighted by atomic mass is 16.2. The molecular formula is C17H16N2O2. The lowest BCUT2D eigenvalue weighted by Gasteiger charge is -2.07. The number of hydrogen-bond donors (Lipinski definition) is 2. The molecule has 0 saturated carbocycles. The number of carbonyl (C=O) groups is 2. The quantitative estimate of drug-likeness (QED) is 0.670. The number of hydrazine groups is 1. The summed E-state index contributed by atoms with van der Waals surface area (Å²) in [6.07, 6.45) is 3.04. The Balaban J connectivity index is 1.88. The van der Waals surface area contributed by atoms with E-state index in [1.54, 1.807) is 18.2 Å². The van der Waals surface area contributed by atoms with E-state index in [9.17, 15) is 9.59 Å². The molecule has 0 saturated heterocycles. The van der Waals surface area contributed by atoms with E-state index in [0.29, 0.717) is 5.56 Å². The maximum absolute atomic E-state index is 11.9. The molecule has 106 valence electrons. The Morgan fingerprint density at radius 2 is 1.57 bits per heavy atom. The number of amides is 2. The normalized spacial score (nSPS) is 10.3. The van der Waals surface area contributed by atoms with Crippen LogP contribution in [0, 0.1) is 6.92 Å². The molecule has 21 heavy (non-hydrogen) atoms. The molecule has 0 spiro atoms. The van der Waals surface area contributed by atoms with Crippen molar-refractivity contribution in [1.82, 2.24) is 10.9 Å². The molecule has 0 heterocycles. The molecule has 2 rings (SSSR count). The molecule has 0 radical (unpaired) electrons. The molecule has 0 bridgehead atoms. The van der Waals surface area contributed by atoms with E-state index < -0.39 is 0 Å². The van der Waals surface area contributed by atoms with Crippen molar-refractivity contribution < 1.29 is 9.59 Å². The second kappa shape index (κ2) is 7.05. The molecule has 0 atom stereocenters. The lowest BCUT2D eigenvalue weighted by Crippen LogP contribution is -2.41. The maximum atomic E-state index is 11.9. The van der Waals surface area contributed by atoms with Gasteiger partial charge in [0.05, 0.1) is 0 Å². The zero-order valence-electron chi connectivity index (χ0n) is 11.7. The van der Waals surface area contributed by atoms with Gasteiger partial charge in [0.25, 0.3) is 11.8 Å². The largest absolute Gasteiger partial charge is 0.269 e. The third-order valence-electron chi connectivity index (χ3n) is 2.92. The number of benzene rings is 2. The van der Waals surface area contributed by atoms with Gasteiger partial charge in [-0.05, 0) is 30.2 Å². The first-order chi connectivity index (χ1) is 10.2. The van der Waals surface area contributed by atoms with E-state index >= 15 is 0 Å². The van der Waals surface area contributed by atoms with Gasteiger partial charge >= 0.3 is 0 Å². The van der Waals surface area contributed by atoms with Crippen LogP contribution in [0.5, 0.6) is 0 Å². The van der Waals surface area contributed by atoms with Crippen LogP contribution in [0.2, 0.25) is 0 Å². The molecule has 2 aromatic rings. The van der Waals surface area contributed by atoms with Gasteiger partial charge in [-0.2, -0.15) is 0 Å². The summed E-state index contributed by atoms with van der Waals surface area (Å²) in [5.74, 6) is -0.727. The van der Waals surface area contributed by atoms with Crippen molar-refractivity contribution in [3.63, 3.8) is 0 Å². The first-order valence-electron chi connectivity index (χ1n) is 6.56. The lowest BCUT2D eigenvalue weighted by molar-refractivity contribution is -0.117. The number of rotatable bonds is 3. The van der Waals surface area contributed by atoms with E-state index in [1.807, 2.05) is 49.4 Å². The second-order valence-corrected chi connectivity index (χ2v) is 4.50.